The van der Waals surface area contributed by atoms with Crippen molar-refractivity contribution in [2.24, 2.45) is 0 Å². The van der Waals surface area contributed by atoms with Gasteiger partial charge in [-0.1, -0.05) is 12.1 Å². The lowest BCUT2D eigenvalue weighted by molar-refractivity contribution is -0.120. The van der Waals surface area contributed by atoms with Crippen molar-refractivity contribution in [1.29, 1.82) is 0 Å². The normalized spacial score (nSPS) is 15.4. The van der Waals surface area contributed by atoms with Crippen LogP contribution >= 0.6 is 23.1 Å². The summed E-state index contributed by atoms with van der Waals surface area (Å²) in [7, 11) is -1.12. The Morgan fingerprint density at radius 2 is 1.74 bits per heavy atom. The van der Waals surface area contributed by atoms with Crippen LogP contribution in [0.2, 0.25) is 0 Å². The largest absolute Gasteiger partial charge is 0.494 e. The van der Waals surface area contributed by atoms with Gasteiger partial charge >= 0.3 is 6.03 Å². The molecule has 2 aliphatic rings. The number of nitrogens with one attached hydrogen (secondary N) is 3. The molecule has 3 amide bonds. The van der Waals surface area contributed by atoms with Crippen molar-refractivity contribution in [3.63, 3.8) is 0 Å². The van der Waals surface area contributed by atoms with Gasteiger partial charge in [0.15, 0.2) is 0 Å². The molecule has 0 radical (unpaired) electrons. The number of aryl methyl sites for hydroxylation is 1. The fraction of sp³-hybridized carbons (Fsp3) is 0.297. The van der Waals surface area contributed by atoms with E-state index >= 15 is 0 Å². The van der Waals surface area contributed by atoms with Crippen molar-refractivity contribution in [2.45, 2.75) is 19.9 Å². The summed E-state index contributed by atoms with van der Waals surface area (Å²) in [5.74, 6) is 1.26. The van der Waals surface area contributed by atoms with E-state index in [-0.39, 0.29) is 11.9 Å². The molecule has 7 rings (SSSR count). The van der Waals surface area contributed by atoms with Crippen LogP contribution in [0.5, 0.6) is 5.75 Å². The highest BCUT2D eigenvalue weighted by Crippen LogP contribution is 2.41. The topological polar surface area (TPSA) is 158 Å². The number of halogens is 1. The average Bonchev–Trinajstić information content (AvgIpc) is 3.13. The monoisotopic (exact) mass is 798 g/mol. The summed E-state index contributed by atoms with van der Waals surface area (Å²) in [6.45, 7) is 10.1. The lowest BCUT2D eigenvalue weighted by atomic mass is 10.1. The molecule has 2 aliphatic heterocycles. The van der Waals surface area contributed by atoms with Gasteiger partial charge in [-0.25, -0.2) is 9.78 Å². The van der Waals surface area contributed by atoms with Crippen molar-refractivity contribution < 1.29 is 18.9 Å². The quantitative estimate of drug-likeness (QED) is 0.142. The van der Waals surface area contributed by atoms with E-state index in [1.165, 1.54) is 0 Å². The van der Waals surface area contributed by atoms with E-state index in [2.05, 4.69) is 69.6 Å². The van der Waals surface area contributed by atoms with Crippen molar-refractivity contribution in [2.75, 3.05) is 73.6 Å². The number of carbonyl (C=O) groups is 2. The number of benzene rings is 3. The summed E-state index contributed by atoms with van der Waals surface area (Å²) in [5.41, 5.74) is 6.69. The SMILES string of the molecule is COc1cc(N2CCN(Cc3cccc(N4CCC(=O)NC4=O)c3)CC2)c(C)cc1Nc1ncc(Br)c(Nc2ccc3nccnc3c2P(C)(C)=O)n1. The molecule has 0 unspecified atom stereocenters. The van der Waals surface area contributed by atoms with E-state index in [1.807, 2.05) is 42.5 Å². The minimum atomic E-state index is -2.77. The number of hydrogen-bond donors (Lipinski definition) is 3. The molecule has 3 N–H and O–H groups in total. The molecule has 3 aromatic carbocycles. The van der Waals surface area contributed by atoms with Gasteiger partial charge in [0, 0.05) is 81.7 Å². The zero-order chi connectivity index (χ0) is 37.3. The standard InChI is InChI=1S/C37H40BrN10O4P/c1-23-18-29(43-36-41-21-26(38)35(45-36)42-28-9-8-27-33(40-12-11-39-27)34(28)53(3,4)51)31(52-2)20-30(23)47-16-14-46(15-17-47)22-24-6-5-7-25(19-24)48-13-10-32(49)44-37(48)50/h5-9,11-12,18-21H,10,13-17,22H2,1-4H3,(H,44,49,50)(H2,41,42,43,45). The molecule has 0 aliphatic carbocycles. The van der Waals surface area contributed by atoms with Gasteiger partial charge in [0.1, 0.15) is 24.2 Å². The lowest BCUT2D eigenvalue weighted by Crippen LogP contribution is -2.49. The van der Waals surface area contributed by atoms with Crippen LogP contribution < -0.4 is 35.8 Å². The van der Waals surface area contributed by atoms with Crippen molar-refractivity contribution >= 4 is 85.9 Å². The number of methoxy groups -OCH3 is 1. The third kappa shape index (κ3) is 7.97. The Kier molecular flexibility index (Phi) is 10.3. The van der Waals surface area contributed by atoms with Crippen LogP contribution in [0.15, 0.2) is 71.6 Å². The van der Waals surface area contributed by atoms with Crippen molar-refractivity contribution in [3.05, 3.63) is 82.7 Å². The smallest absolute Gasteiger partial charge is 0.328 e. The third-order valence-corrected chi connectivity index (χ3v) is 11.4. The number of fused-ring (bicyclic) bond motifs is 1. The number of anilines is 6. The predicted molar refractivity (Wildman–Crippen MR) is 212 cm³/mol. The summed E-state index contributed by atoms with van der Waals surface area (Å²) in [6.07, 6.45) is 5.17. The number of piperazine rings is 1. The molecule has 53 heavy (non-hydrogen) atoms. The van der Waals surface area contributed by atoms with Gasteiger partial charge in [-0.3, -0.25) is 29.9 Å². The number of urea groups is 1. The number of aromatic nitrogens is 4. The summed E-state index contributed by atoms with van der Waals surface area (Å²) >= 11 is 3.57. The molecule has 0 atom stereocenters. The van der Waals surface area contributed by atoms with Crippen LogP contribution in [0.25, 0.3) is 11.0 Å². The van der Waals surface area contributed by atoms with Crippen molar-refractivity contribution in [3.8, 4) is 5.75 Å². The molecule has 0 saturated carbocycles. The van der Waals surface area contributed by atoms with Gasteiger partial charge in [0.25, 0.3) is 0 Å². The number of carbonyl (C=O) groups excluding carboxylic acids is 2. The molecule has 2 fully saturated rings. The van der Waals surface area contributed by atoms with E-state index in [9.17, 15) is 14.2 Å². The number of hydrogen-bond acceptors (Lipinski definition) is 12. The number of rotatable bonds is 10. The van der Waals surface area contributed by atoms with Crippen LogP contribution in [0.4, 0.5) is 39.3 Å². The molecule has 4 heterocycles. The van der Waals surface area contributed by atoms with E-state index < -0.39 is 7.14 Å². The molecule has 274 valence electrons. The summed E-state index contributed by atoms with van der Waals surface area (Å²) in [5, 5.41) is 9.68. The van der Waals surface area contributed by atoms with Gasteiger partial charge in [0.2, 0.25) is 11.9 Å². The molecule has 2 aromatic heterocycles. The Labute approximate surface area is 315 Å². The molecular weight excluding hydrogens is 759 g/mol. The van der Waals surface area contributed by atoms with Gasteiger partial charge < -0.3 is 24.8 Å². The van der Waals surface area contributed by atoms with Crippen LogP contribution in [-0.4, -0.2) is 89.9 Å². The minimum absolute atomic E-state index is 0.240. The Morgan fingerprint density at radius 3 is 2.49 bits per heavy atom. The van der Waals surface area contributed by atoms with Crippen LogP contribution in [0.3, 0.4) is 0 Å². The Morgan fingerprint density at radius 1 is 0.943 bits per heavy atom. The maximum absolute atomic E-state index is 13.4. The zero-order valence-corrected chi connectivity index (χ0v) is 32.4. The van der Waals surface area contributed by atoms with Gasteiger partial charge in [-0.2, -0.15) is 4.98 Å². The van der Waals surface area contributed by atoms with E-state index in [4.69, 9.17) is 9.72 Å². The Balaban J connectivity index is 1.03. The maximum Gasteiger partial charge on any atom is 0.328 e. The lowest BCUT2D eigenvalue weighted by Gasteiger charge is -2.37. The zero-order valence-electron chi connectivity index (χ0n) is 29.9. The second kappa shape index (κ2) is 15.1. The average molecular weight is 800 g/mol. The van der Waals surface area contributed by atoms with E-state index in [0.29, 0.717) is 57.0 Å². The molecule has 14 nitrogen and oxygen atoms in total. The highest BCUT2D eigenvalue weighted by molar-refractivity contribution is 9.10. The summed E-state index contributed by atoms with van der Waals surface area (Å²) < 4.78 is 19.9. The van der Waals surface area contributed by atoms with Crippen LogP contribution in [0.1, 0.15) is 17.5 Å². The number of nitrogens with zero attached hydrogens (tertiary/aromatic N) is 7. The van der Waals surface area contributed by atoms with Crippen LogP contribution in [0, 0.1) is 6.92 Å². The Bertz CT molecular complexity index is 2260. The summed E-state index contributed by atoms with van der Waals surface area (Å²) in [6, 6.07) is 15.4. The summed E-state index contributed by atoms with van der Waals surface area (Å²) in [4.78, 5) is 48.5. The molecule has 0 spiro atoms. The fourth-order valence-corrected chi connectivity index (χ4v) is 8.44. The fourth-order valence-electron chi connectivity index (χ4n) is 6.75. The maximum atomic E-state index is 13.4. The second-order valence-corrected chi connectivity index (χ2v) is 17.4. The second-order valence-electron chi connectivity index (χ2n) is 13.4. The van der Waals surface area contributed by atoms with Gasteiger partial charge in [-0.05, 0) is 77.6 Å². The first-order valence-electron chi connectivity index (χ1n) is 17.2. The number of ether oxygens (including phenoxy) is 1. The number of imide groups is 1. The van der Waals surface area contributed by atoms with Crippen molar-refractivity contribution in [1.82, 2.24) is 30.2 Å². The first kappa shape index (κ1) is 36.3. The molecule has 5 aromatic rings. The highest BCUT2D eigenvalue weighted by atomic mass is 79.9. The molecule has 16 heteroatoms. The van der Waals surface area contributed by atoms with Crippen LogP contribution in [-0.2, 0) is 15.9 Å². The van der Waals surface area contributed by atoms with E-state index in [1.54, 1.807) is 43.9 Å². The number of amides is 3. The highest BCUT2D eigenvalue weighted by Gasteiger charge is 2.26. The van der Waals surface area contributed by atoms with E-state index in [0.717, 1.165) is 60.9 Å². The molecule has 0 bridgehead atoms. The third-order valence-electron chi connectivity index (χ3n) is 9.31. The first-order chi connectivity index (χ1) is 25.5. The first-order valence-corrected chi connectivity index (χ1v) is 20.6. The van der Waals surface area contributed by atoms with Gasteiger partial charge in [0.05, 0.1) is 33.8 Å². The Hall–Kier alpha value is -5.11. The minimum Gasteiger partial charge on any atom is -0.494 e. The predicted octanol–water partition coefficient (Wildman–Crippen LogP) is 6.00. The molecule has 2 saturated heterocycles. The van der Waals surface area contributed by atoms with Gasteiger partial charge in [-0.15, -0.1) is 0 Å². The molecular formula is C37H40BrN10O4P.